The molecule has 1 amide bonds. The normalized spacial score (nSPS) is 15.5. The first-order chi connectivity index (χ1) is 13.2. The minimum absolute atomic E-state index is 0.160. The number of carbonyl (C=O) groups excluding carboxylic acids is 1. The molecule has 0 radical (unpaired) electrons. The first kappa shape index (κ1) is 20.1. The fraction of sp³-hybridized carbons (Fsp3) is 0.368. The second-order valence-electron chi connectivity index (χ2n) is 6.91. The summed E-state index contributed by atoms with van der Waals surface area (Å²) in [5.74, 6) is -0.128. The van der Waals surface area contributed by atoms with Crippen molar-refractivity contribution in [1.29, 1.82) is 0 Å². The average Bonchev–Trinajstić information content (AvgIpc) is 2.64. The Labute approximate surface area is 160 Å². The highest BCUT2D eigenvalue weighted by molar-refractivity contribution is 5.91. The van der Waals surface area contributed by atoms with Gasteiger partial charge < -0.3 is 10.2 Å². The molecular formula is C19H22F4N4O+2. The van der Waals surface area contributed by atoms with Crippen LogP contribution in [0.25, 0.3) is 0 Å². The molecule has 1 aromatic heterocycles. The van der Waals surface area contributed by atoms with Gasteiger partial charge in [0.25, 0.3) is 11.7 Å². The van der Waals surface area contributed by atoms with E-state index in [1.807, 2.05) is 4.90 Å². The van der Waals surface area contributed by atoms with Crippen LogP contribution in [0.5, 0.6) is 0 Å². The lowest BCUT2D eigenvalue weighted by Crippen LogP contribution is -3.15. The van der Waals surface area contributed by atoms with Gasteiger partial charge in [-0.25, -0.2) is 9.37 Å². The van der Waals surface area contributed by atoms with Crippen LogP contribution in [0.4, 0.5) is 29.1 Å². The van der Waals surface area contributed by atoms with E-state index < -0.39 is 17.6 Å². The summed E-state index contributed by atoms with van der Waals surface area (Å²) in [4.78, 5) is 17.8. The molecule has 0 spiro atoms. The molecule has 0 unspecified atom stereocenters. The number of anilines is 2. The zero-order valence-electron chi connectivity index (χ0n) is 15.4. The molecule has 150 valence electrons. The third kappa shape index (κ3) is 4.98. The van der Waals surface area contributed by atoms with Crippen molar-refractivity contribution in [1.82, 2.24) is 0 Å². The summed E-state index contributed by atoms with van der Waals surface area (Å²) in [6.45, 7) is 4.48. The summed E-state index contributed by atoms with van der Waals surface area (Å²) < 4.78 is 51.7. The van der Waals surface area contributed by atoms with Gasteiger partial charge in [-0.3, -0.25) is 9.69 Å². The zero-order chi connectivity index (χ0) is 20.3. The van der Waals surface area contributed by atoms with Gasteiger partial charge in [0.15, 0.2) is 6.54 Å². The van der Waals surface area contributed by atoms with E-state index in [4.69, 9.17) is 0 Å². The molecule has 1 fully saturated rings. The van der Waals surface area contributed by atoms with Crippen LogP contribution in [0, 0.1) is 12.7 Å². The Hall–Kier alpha value is -2.68. The summed E-state index contributed by atoms with van der Waals surface area (Å²) in [6, 6.07) is 7.10. The number of nitrogens with zero attached hydrogens (tertiary/aromatic N) is 1. The van der Waals surface area contributed by atoms with Crippen LogP contribution in [-0.4, -0.2) is 38.6 Å². The summed E-state index contributed by atoms with van der Waals surface area (Å²) in [5, 5.41) is 2.59. The predicted molar refractivity (Wildman–Crippen MR) is 95.5 cm³/mol. The van der Waals surface area contributed by atoms with E-state index in [0.29, 0.717) is 32.0 Å². The Kier molecular flexibility index (Phi) is 5.83. The van der Waals surface area contributed by atoms with Gasteiger partial charge in [0.2, 0.25) is 0 Å². The Morgan fingerprint density at radius 2 is 1.93 bits per heavy atom. The van der Waals surface area contributed by atoms with Gasteiger partial charge in [-0.15, -0.1) is 0 Å². The van der Waals surface area contributed by atoms with Crippen LogP contribution in [0.3, 0.4) is 0 Å². The van der Waals surface area contributed by atoms with Crippen molar-refractivity contribution in [2.24, 2.45) is 0 Å². The van der Waals surface area contributed by atoms with E-state index in [0.717, 1.165) is 22.7 Å². The second kappa shape index (κ2) is 8.14. The highest BCUT2D eigenvalue weighted by Gasteiger charge is 2.33. The van der Waals surface area contributed by atoms with Crippen molar-refractivity contribution in [3.63, 3.8) is 0 Å². The number of carbonyl (C=O) groups is 1. The number of aromatic nitrogens is 1. The summed E-state index contributed by atoms with van der Waals surface area (Å²) in [6.07, 6.45) is -3.42. The number of nitrogens with one attached hydrogen (secondary N) is 3. The fourth-order valence-corrected chi connectivity index (χ4v) is 3.17. The van der Waals surface area contributed by atoms with Crippen molar-refractivity contribution in [2.75, 3.05) is 42.9 Å². The van der Waals surface area contributed by atoms with Crippen LogP contribution in [0.1, 0.15) is 11.1 Å². The number of rotatable bonds is 4. The summed E-state index contributed by atoms with van der Waals surface area (Å²) >= 11 is 0. The topological polar surface area (TPSA) is 50.9 Å². The van der Waals surface area contributed by atoms with E-state index in [1.54, 1.807) is 13.0 Å². The molecule has 2 aromatic rings. The number of aryl methyl sites for hydroxylation is 1. The van der Waals surface area contributed by atoms with Crippen LogP contribution in [-0.2, 0) is 11.0 Å². The first-order valence-electron chi connectivity index (χ1n) is 8.96. The Morgan fingerprint density at radius 1 is 1.21 bits per heavy atom. The average molecular weight is 398 g/mol. The van der Waals surface area contributed by atoms with Gasteiger partial charge in [-0.05, 0) is 30.7 Å². The standard InChI is InChI=1S/C19H20F4N4O/c1-13-2-4-16(15(20)10-13)25-18(28)12-26-6-8-27(9-7-26)17-5-3-14(11-24-17)19(21,22)23/h2-5,10-11H,6-9,12H2,1H3,(H,25,28)/p+2. The largest absolute Gasteiger partial charge is 0.419 e. The van der Waals surface area contributed by atoms with Gasteiger partial charge in [0.05, 0.1) is 11.3 Å². The number of H-pyrrole nitrogens is 1. The number of amides is 1. The van der Waals surface area contributed by atoms with Crippen molar-refractivity contribution >= 4 is 17.4 Å². The molecule has 1 aromatic carbocycles. The molecule has 5 nitrogen and oxygen atoms in total. The molecule has 3 N–H and O–H groups in total. The lowest BCUT2D eigenvalue weighted by molar-refractivity contribution is -0.892. The van der Waals surface area contributed by atoms with Crippen LogP contribution >= 0.6 is 0 Å². The van der Waals surface area contributed by atoms with Gasteiger partial charge >= 0.3 is 6.18 Å². The molecule has 3 rings (SSSR count). The molecule has 0 atom stereocenters. The molecule has 1 aliphatic heterocycles. The number of pyridine rings is 1. The number of hydrogen-bond acceptors (Lipinski definition) is 2. The maximum absolute atomic E-state index is 13.8. The molecule has 2 heterocycles. The van der Waals surface area contributed by atoms with Gasteiger partial charge in [-0.1, -0.05) is 6.07 Å². The number of halogens is 4. The second-order valence-corrected chi connectivity index (χ2v) is 6.91. The maximum atomic E-state index is 13.8. The van der Waals surface area contributed by atoms with Crippen molar-refractivity contribution in [2.45, 2.75) is 13.1 Å². The SMILES string of the molecule is Cc1ccc(NC(=O)C[NH+]2CCN(c3ccc(C(F)(F)F)c[nH+]3)CC2)c(F)c1. The van der Waals surface area contributed by atoms with Crippen molar-refractivity contribution < 1.29 is 32.2 Å². The third-order valence-electron chi connectivity index (χ3n) is 4.74. The van der Waals surface area contributed by atoms with Gasteiger partial charge in [0, 0.05) is 6.07 Å². The highest BCUT2D eigenvalue weighted by Crippen LogP contribution is 2.28. The first-order valence-corrected chi connectivity index (χ1v) is 8.96. The maximum Gasteiger partial charge on any atom is 0.419 e. The van der Waals surface area contributed by atoms with E-state index >= 15 is 0 Å². The quantitative estimate of drug-likeness (QED) is 0.764. The smallest absolute Gasteiger partial charge is 0.321 e. The molecule has 0 saturated carbocycles. The molecule has 0 bridgehead atoms. The number of hydrogen-bond donors (Lipinski definition) is 2. The molecular weight excluding hydrogens is 376 g/mol. The molecule has 1 saturated heterocycles. The molecule has 0 aliphatic carbocycles. The molecule has 1 aliphatic rings. The van der Waals surface area contributed by atoms with E-state index in [-0.39, 0.29) is 18.1 Å². The Bertz CT molecular complexity index is 831. The van der Waals surface area contributed by atoms with E-state index in [2.05, 4.69) is 10.3 Å². The lowest BCUT2D eigenvalue weighted by Gasteiger charge is -2.28. The van der Waals surface area contributed by atoms with Crippen molar-refractivity contribution in [3.8, 4) is 0 Å². The molecule has 28 heavy (non-hydrogen) atoms. The van der Waals surface area contributed by atoms with Crippen LogP contribution < -0.4 is 20.1 Å². The highest BCUT2D eigenvalue weighted by atomic mass is 19.4. The third-order valence-corrected chi connectivity index (χ3v) is 4.74. The van der Waals surface area contributed by atoms with Crippen LogP contribution in [0.15, 0.2) is 36.5 Å². The number of aromatic amines is 1. The Balaban J connectivity index is 1.50. The fourth-order valence-electron chi connectivity index (χ4n) is 3.17. The summed E-state index contributed by atoms with van der Waals surface area (Å²) in [5.41, 5.74) is 0.214. The zero-order valence-corrected chi connectivity index (χ0v) is 15.4. The summed E-state index contributed by atoms with van der Waals surface area (Å²) in [7, 11) is 0. The molecule has 9 heteroatoms. The Morgan fingerprint density at radius 3 is 2.50 bits per heavy atom. The minimum atomic E-state index is -4.37. The minimum Gasteiger partial charge on any atom is -0.321 e. The van der Waals surface area contributed by atoms with Crippen molar-refractivity contribution in [3.05, 3.63) is 53.5 Å². The number of quaternary nitrogens is 1. The lowest BCUT2D eigenvalue weighted by atomic mass is 10.2. The van der Waals surface area contributed by atoms with E-state index in [9.17, 15) is 22.4 Å². The monoisotopic (exact) mass is 398 g/mol. The number of alkyl halides is 3. The predicted octanol–water partition coefficient (Wildman–Crippen LogP) is 1.31. The van der Waals surface area contributed by atoms with Gasteiger partial charge in [-0.2, -0.15) is 13.2 Å². The number of benzene rings is 1. The number of piperazine rings is 1. The van der Waals surface area contributed by atoms with Crippen LogP contribution in [0.2, 0.25) is 0 Å². The van der Waals surface area contributed by atoms with E-state index in [1.165, 1.54) is 18.2 Å². The van der Waals surface area contributed by atoms with Gasteiger partial charge in [0.1, 0.15) is 38.2 Å².